The van der Waals surface area contributed by atoms with Crippen molar-refractivity contribution in [1.82, 2.24) is 0 Å². The van der Waals surface area contributed by atoms with Crippen LogP contribution in [0.25, 0.3) is 0 Å². The SMILES string of the molecule is CCCC[C@H]1CC[C@H]([C@H]2CC[C@H](c3[c]c(F)c(F)c(CC)c3Oc3ccc(OC(F)F)cc3)CC2)CC1. The fourth-order valence-corrected chi connectivity index (χ4v) is 6.47. The number of hydrogen-bond donors (Lipinski definition) is 0. The molecule has 2 aromatic rings. The molecule has 2 aliphatic carbocycles. The minimum absolute atomic E-state index is 0.00727. The smallest absolute Gasteiger partial charge is 0.387 e. The summed E-state index contributed by atoms with van der Waals surface area (Å²) in [5.74, 6) is 1.19. The fourth-order valence-electron chi connectivity index (χ4n) is 6.47. The van der Waals surface area contributed by atoms with E-state index in [2.05, 4.69) is 17.7 Å². The van der Waals surface area contributed by atoms with Gasteiger partial charge in [-0.1, -0.05) is 46.0 Å². The second-order valence-electron chi connectivity index (χ2n) is 10.8. The summed E-state index contributed by atoms with van der Waals surface area (Å²) in [5, 5.41) is 0. The molecule has 2 aromatic carbocycles. The number of halogens is 4. The van der Waals surface area contributed by atoms with Gasteiger partial charge in [0.15, 0.2) is 11.6 Å². The lowest BCUT2D eigenvalue weighted by Crippen LogP contribution is -2.25. The highest BCUT2D eigenvalue weighted by molar-refractivity contribution is 5.47. The maximum Gasteiger partial charge on any atom is 0.387 e. The molecule has 1 radical (unpaired) electrons. The van der Waals surface area contributed by atoms with Crippen molar-refractivity contribution in [2.24, 2.45) is 17.8 Å². The van der Waals surface area contributed by atoms with Gasteiger partial charge in [0.2, 0.25) is 0 Å². The van der Waals surface area contributed by atoms with Crippen molar-refractivity contribution >= 4 is 0 Å². The molecule has 2 fully saturated rings. The van der Waals surface area contributed by atoms with Crippen LogP contribution in [0.5, 0.6) is 17.2 Å². The zero-order valence-electron chi connectivity index (χ0n) is 22.0. The van der Waals surface area contributed by atoms with Crippen LogP contribution >= 0.6 is 0 Å². The Bertz CT molecular complexity index is 991. The first-order valence-electron chi connectivity index (χ1n) is 14.0. The van der Waals surface area contributed by atoms with E-state index in [0.29, 0.717) is 23.0 Å². The fraction of sp³-hybridized carbons (Fsp3) is 0.613. The Labute approximate surface area is 218 Å². The van der Waals surface area contributed by atoms with Crippen LogP contribution in [0.3, 0.4) is 0 Å². The third-order valence-electron chi connectivity index (χ3n) is 8.55. The molecule has 0 N–H and O–H groups in total. The van der Waals surface area contributed by atoms with E-state index in [0.717, 1.165) is 37.5 Å². The highest BCUT2D eigenvalue weighted by Gasteiger charge is 2.33. The van der Waals surface area contributed by atoms with Gasteiger partial charge in [0.25, 0.3) is 0 Å². The number of rotatable bonds is 10. The van der Waals surface area contributed by atoms with Gasteiger partial charge in [0.1, 0.15) is 17.2 Å². The quantitative estimate of drug-likeness (QED) is 0.291. The zero-order valence-corrected chi connectivity index (χ0v) is 22.0. The first kappa shape index (κ1) is 27.8. The summed E-state index contributed by atoms with van der Waals surface area (Å²) in [6, 6.07) is 8.41. The minimum atomic E-state index is -2.92. The van der Waals surface area contributed by atoms with Gasteiger partial charge in [-0.15, -0.1) is 0 Å². The summed E-state index contributed by atoms with van der Waals surface area (Å²) in [6.07, 6.45) is 13.6. The van der Waals surface area contributed by atoms with Gasteiger partial charge >= 0.3 is 6.61 Å². The van der Waals surface area contributed by atoms with Crippen molar-refractivity contribution < 1.29 is 27.0 Å². The number of benzene rings is 2. The molecule has 0 unspecified atom stereocenters. The molecule has 4 rings (SSSR count). The molecule has 0 amide bonds. The Morgan fingerprint density at radius 3 is 2.03 bits per heavy atom. The van der Waals surface area contributed by atoms with Gasteiger partial charge in [0, 0.05) is 17.2 Å². The molecule has 0 aromatic heterocycles. The van der Waals surface area contributed by atoms with Gasteiger partial charge in [0.05, 0.1) is 0 Å². The predicted octanol–water partition coefficient (Wildman–Crippen LogP) is 9.99. The number of alkyl halides is 2. The molecule has 0 spiro atoms. The lowest BCUT2D eigenvalue weighted by atomic mass is 9.67. The molecule has 37 heavy (non-hydrogen) atoms. The topological polar surface area (TPSA) is 18.5 Å². The van der Waals surface area contributed by atoms with Crippen molar-refractivity contribution in [2.75, 3.05) is 0 Å². The number of ether oxygens (including phenoxy) is 2. The van der Waals surface area contributed by atoms with Crippen molar-refractivity contribution in [3.8, 4) is 17.2 Å². The largest absolute Gasteiger partial charge is 0.457 e. The predicted molar refractivity (Wildman–Crippen MR) is 137 cm³/mol. The van der Waals surface area contributed by atoms with Crippen LogP contribution in [0.15, 0.2) is 24.3 Å². The van der Waals surface area contributed by atoms with E-state index in [9.17, 15) is 17.6 Å². The molecule has 0 saturated heterocycles. The van der Waals surface area contributed by atoms with Crippen molar-refractivity contribution in [3.05, 3.63) is 53.1 Å². The van der Waals surface area contributed by atoms with E-state index in [1.807, 2.05) is 0 Å². The summed E-state index contributed by atoms with van der Waals surface area (Å²) < 4.78 is 64.8. The maximum absolute atomic E-state index is 14.7. The Hall–Kier alpha value is -2.24. The van der Waals surface area contributed by atoms with E-state index in [1.54, 1.807) is 6.92 Å². The lowest BCUT2D eigenvalue weighted by Gasteiger charge is -2.38. The Morgan fingerprint density at radius 1 is 0.865 bits per heavy atom. The first-order chi connectivity index (χ1) is 17.9. The first-order valence-corrected chi connectivity index (χ1v) is 14.0. The second kappa shape index (κ2) is 13.0. The van der Waals surface area contributed by atoms with E-state index < -0.39 is 18.2 Å². The molecule has 0 atom stereocenters. The van der Waals surface area contributed by atoms with Crippen LogP contribution in [0, 0.1) is 35.5 Å². The third kappa shape index (κ3) is 7.00. The van der Waals surface area contributed by atoms with Crippen molar-refractivity contribution in [3.63, 3.8) is 0 Å². The average Bonchev–Trinajstić information content (AvgIpc) is 2.91. The molecule has 0 heterocycles. The summed E-state index contributed by atoms with van der Waals surface area (Å²) in [5.41, 5.74) is 0.775. The Kier molecular flexibility index (Phi) is 9.77. The number of unbranched alkanes of at least 4 members (excludes halogenated alkanes) is 1. The van der Waals surface area contributed by atoms with Gasteiger partial charge in [-0.2, -0.15) is 8.78 Å². The highest BCUT2D eigenvalue weighted by Crippen LogP contribution is 2.47. The van der Waals surface area contributed by atoms with Crippen molar-refractivity contribution in [1.29, 1.82) is 0 Å². The summed E-state index contributed by atoms with van der Waals surface area (Å²) in [7, 11) is 0. The zero-order chi connectivity index (χ0) is 26.4. The Morgan fingerprint density at radius 2 is 1.46 bits per heavy atom. The molecule has 0 bridgehead atoms. The van der Waals surface area contributed by atoms with Crippen LogP contribution in [0.1, 0.15) is 102 Å². The lowest BCUT2D eigenvalue weighted by molar-refractivity contribution is -0.0498. The van der Waals surface area contributed by atoms with Crippen LogP contribution < -0.4 is 9.47 Å². The summed E-state index contributed by atoms with van der Waals surface area (Å²) in [6.45, 7) is 1.11. The Balaban J connectivity index is 1.46. The van der Waals surface area contributed by atoms with E-state index in [4.69, 9.17) is 4.74 Å². The molecular weight excluding hydrogens is 480 g/mol. The van der Waals surface area contributed by atoms with Crippen LogP contribution in [-0.2, 0) is 6.42 Å². The average molecular weight is 520 g/mol. The molecule has 203 valence electrons. The molecular formula is C31H39F4O2. The molecule has 0 aliphatic heterocycles. The van der Waals surface area contributed by atoms with Crippen LogP contribution in [-0.4, -0.2) is 6.61 Å². The minimum Gasteiger partial charge on any atom is -0.457 e. The van der Waals surface area contributed by atoms with Gasteiger partial charge in [-0.25, -0.2) is 8.78 Å². The monoisotopic (exact) mass is 519 g/mol. The molecule has 2 saturated carbocycles. The highest BCUT2D eigenvalue weighted by atomic mass is 19.3. The van der Waals surface area contributed by atoms with Crippen LogP contribution in [0.2, 0.25) is 0 Å². The van der Waals surface area contributed by atoms with Crippen LogP contribution in [0.4, 0.5) is 17.6 Å². The standard InChI is InChI=1S/C31H39F4O2/c1-3-5-6-20-7-9-21(10-8-20)22-11-13-23(14-12-22)27-19-28(32)29(33)26(4-2)30(27)36-24-15-17-25(18-16-24)37-31(34)35/h15-18,20-23,31H,3-14H2,1-2H3/t20-,21-,22-,23-. The van der Waals surface area contributed by atoms with Gasteiger partial charge in [-0.05, 0) is 92.9 Å². The van der Waals surface area contributed by atoms with E-state index in [1.165, 1.54) is 69.2 Å². The van der Waals surface area contributed by atoms with Gasteiger partial charge < -0.3 is 9.47 Å². The van der Waals surface area contributed by atoms with E-state index in [-0.39, 0.29) is 23.7 Å². The van der Waals surface area contributed by atoms with Crippen molar-refractivity contribution in [2.45, 2.75) is 103 Å². The molecule has 6 heteroatoms. The summed E-state index contributed by atoms with van der Waals surface area (Å²) >= 11 is 0. The summed E-state index contributed by atoms with van der Waals surface area (Å²) in [4.78, 5) is 0. The van der Waals surface area contributed by atoms with Gasteiger partial charge in [-0.3, -0.25) is 0 Å². The maximum atomic E-state index is 14.7. The van der Waals surface area contributed by atoms with E-state index >= 15 is 0 Å². The second-order valence-corrected chi connectivity index (χ2v) is 10.8. The normalized spacial score (nSPS) is 24.3. The number of hydrogen-bond acceptors (Lipinski definition) is 2. The molecule has 2 aliphatic rings. The third-order valence-corrected chi connectivity index (χ3v) is 8.55. The molecule has 2 nitrogen and oxygen atoms in total.